The average molecular weight is 619 g/mol. The molecular formula is C32H34N4O9. The van der Waals surface area contributed by atoms with Gasteiger partial charge in [-0.2, -0.15) is 5.10 Å². The summed E-state index contributed by atoms with van der Waals surface area (Å²) in [5.74, 6) is 2.30. The summed E-state index contributed by atoms with van der Waals surface area (Å²) in [6.07, 6.45) is 0.437. The van der Waals surface area contributed by atoms with Crippen molar-refractivity contribution in [3.8, 4) is 28.7 Å². The molecule has 0 radical (unpaired) electrons. The zero-order valence-corrected chi connectivity index (χ0v) is 25.0. The molecule has 13 nitrogen and oxygen atoms in total. The van der Waals surface area contributed by atoms with Gasteiger partial charge in [-0.1, -0.05) is 12.1 Å². The van der Waals surface area contributed by atoms with Gasteiger partial charge in [0.15, 0.2) is 29.2 Å². The van der Waals surface area contributed by atoms with Crippen molar-refractivity contribution in [1.29, 1.82) is 0 Å². The first kappa shape index (κ1) is 31.0. The zero-order valence-electron chi connectivity index (χ0n) is 25.0. The first-order chi connectivity index (χ1) is 21.8. The van der Waals surface area contributed by atoms with Gasteiger partial charge in [0.1, 0.15) is 19.0 Å². The number of benzene rings is 3. The van der Waals surface area contributed by atoms with E-state index < -0.39 is 24.3 Å². The standard InChI is InChI=1S/C32H34N4O9/c1-4-41-27-14-22(30-29(31(38)40-3)19(2)34-32(39)35-30)8-12-24(27)43-17-28(37)36-33-15-20-5-9-23(10-6-20)42-16-21-7-11-25-26(13-21)45-18-44-25/h5-15,28,30,36-37H,4,16-18H2,1-3H3,(H2,34,35,39)/b33-15-/t28-,30+/m1/s1. The molecule has 4 N–H and O–H groups in total. The van der Waals surface area contributed by atoms with Crippen LogP contribution in [0.15, 0.2) is 77.0 Å². The van der Waals surface area contributed by atoms with Gasteiger partial charge in [-0.15, -0.1) is 0 Å². The van der Waals surface area contributed by atoms with Gasteiger partial charge >= 0.3 is 12.0 Å². The van der Waals surface area contributed by atoms with Gasteiger partial charge in [0, 0.05) is 5.70 Å². The number of hydrogen-bond donors (Lipinski definition) is 4. The highest BCUT2D eigenvalue weighted by Gasteiger charge is 2.32. The molecule has 13 heteroatoms. The Balaban J connectivity index is 1.13. The molecule has 2 atom stereocenters. The number of amides is 2. The fourth-order valence-corrected chi connectivity index (χ4v) is 4.67. The predicted molar refractivity (Wildman–Crippen MR) is 162 cm³/mol. The molecule has 2 heterocycles. The van der Waals surface area contributed by atoms with E-state index in [1.165, 1.54) is 7.11 Å². The van der Waals surface area contributed by atoms with Crippen molar-refractivity contribution < 1.29 is 43.1 Å². The van der Waals surface area contributed by atoms with Crippen molar-refractivity contribution in [2.75, 3.05) is 27.1 Å². The van der Waals surface area contributed by atoms with Crippen LogP contribution >= 0.6 is 0 Å². The highest BCUT2D eigenvalue weighted by molar-refractivity contribution is 5.95. The molecule has 0 spiro atoms. The Bertz CT molecular complexity index is 1590. The van der Waals surface area contributed by atoms with Crippen LogP contribution < -0.4 is 39.7 Å². The van der Waals surface area contributed by atoms with Crippen LogP contribution in [0.25, 0.3) is 0 Å². The first-order valence-electron chi connectivity index (χ1n) is 14.2. The monoisotopic (exact) mass is 618 g/mol. The molecule has 5 rings (SSSR count). The van der Waals surface area contributed by atoms with Gasteiger partial charge < -0.3 is 44.2 Å². The fraction of sp³-hybridized carbons (Fsp3) is 0.281. The lowest BCUT2D eigenvalue weighted by Gasteiger charge is -2.28. The molecule has 0 saturated heterocycles. The number of ether oxygens (including phenoxy) is 6. The Morgan fingerprint density at radius 1 is 1.07 bits per heavy atom. The van der Waals surface area contributed by atoms with Crippen LogP contribution in [0.1, 0.15) is 36.6 Å². The van der Waals surface area contributed by atoms with Crippen molar-refractivity contribution in [2.45, 2.75) is 32.7 Å². The Morgan fingerprint density at radius 2 is 1.87 bits per heavy atom. The van der Waals surface area contributed by atoms with Gasteiger partial charge in [-0.05, 0) is 79.1 Å². The lowest BCUT2D eigenvalue weighted by Crippen LogP contribution is -2.45. The van der Waals surface area contributed by atoms with Crippen molar-refractivity contribution in [3.63, 3.8) is 0 Å². The summed E-state index contributed by atoms with van der Waals surface area (Å²) in [7, 11) is 1.28. The normalized spacial score (nSPS) is 16.1. The lowest BCUT2D eigenvalue weighted by molar-refractivity contribution is -0.136. The second-order valence-electron chi connectivity index (χ2n) is 9.96. The van der Waals surface area contributed by atoms with Gasteiger partial charge in [0.2, 0.25) is 6.79 Å². The summed E-state index contributed by atoms with van der Waals surface area (Å²) in [5, 5.41) is 19.8. The molecule has 2 amide bonds. The minimum Gasteiger partial charge on any atom is -0.490 e. The Morgan fingerprint density at radius 3 is 2.64 bits per heavy atom. The summed E-state index contributed by atoms with van der Waals surface area (Å²) < 4.78 is 33.0. The predicted octanol–water partition coefficient (Wildman–Crippen LogP) is 3.51. The maximum absolute atomic E-state index is 12.4. The molecule has 0 unspecified atom stereocenters. The maximum atomic E-state index is 12.4. The lowest BCUT2D eigenvalue weighted by atomic mass is 9.95. The molecule has 2 aliphatic heterocycles. The number of hydrogen-bond acceptors (Lipinski definition) is 11. The number of aliphatic hydroxyl groups excluding tert-OH is 1. The van der Waals surface area contributed by atoms with E-state index in [9.17, 15) is 14.7 Å². The van der Waals surface area contributed by atoms with E-state index in [-0.39, 0.29) is 19.0 Å². The van der Waals surface area contributed by atoms with Crippen molar-refractivity contribution in [1.82, 2.24) is 16.1 Å². The van der Waals surface area contributed by atoms with Crippen LogP contribution in [-0.4, -0.2) is 56.7 Å². The third-order valence-corrected chi connectivity index (χ3v) is 6.83. The zero-order chi connectivity index (χ0) is 31.8. The van der Waals surface area contributed by atoms with Crippen molar-refractivity contribution >= 4 is 18.2 Å². The summed E-state index contributed by atoms with van der Waals surface area (Å²) >= 11 is 0. The molecule has 0 aromatic heterocycles. The second-order valence-corrected chi connectivity index (χ2v) is 9.96. The van der Waals surface area contributed by atoms with E-state index in [0.717, 1.165) is 16.9 Å². The minimum atomic E-state index is -1.13. The number of allylic oxidation sites excluding steroid dienone is 1. The highest BCUT2D eigenvalue weighted by Crippen LogP contribution is 2.35. The van der Waals surface area contributed by atoms with E-state index in [2.05, 4.69) is 21.2 Å². The van der Waals surface area contributed by atoms with Gasteiger partial charge in [-0.25, -0.2) is 9.59 Å². The molecule has 3 aromatic carbocycles. The summed E-state index contributed by atoms with van der Waals surface area (Å²) in [5.41, 5.74) is 5.64. The number of nitrogens with zero attached hydrogens (tertiary/aromatic N) is 1. The number of rotatable bonds is 13. The minimum absolute atomic E-state index is 0.139. The Kier molecular flexibility index (Phi) is 9.90. The number of aliphatic hydroxyl groups is 1. The van der Waals surface area contributed by atoms with E-state index in [0.29, 0.717) is 47.5 Å². The summed E-state index contributed by atoms with van der Waals surface area (Å²) in [6.45, 7) is 4.25. The van der Waals surface area contributed by atoms with Crippen molar-refractivity contribution in [2.24, 2.45) is 5.10 Å². The smallest absolute Gasteiger partial charge is 0.337 e. The Hall–Kier alpha value is -5.43. The van der Waals surface area contributed by atoms with Crippen LogP contribution in [0.3, 0.4) is 0 Å². The number of urea groups is 1. The largest absolute Gasteiger partial charge is 0.490 e. The van der Waals surface area contributed by atoms with E-state index in [4.69, 9.17) is 28.4 Å². The van der Waals surface area contributed by atoms with Gasteiger partial charge in [0.05, 0.1) is 31.5 Å². The van der Waals surface area contributed by atoms with Crippen molar-refractivity contribution in [3.05, 3.63) is 88.6 Å². The maximum Gasteiger partial charge on any atom is 0.337 e. The molecule has 45 heavy (non-hydrogen) atoms. The topological polar surface area (TPSA) is 158 Å². The molecule has 0 aliphatic carbocycles. The van der Waals surface area contributed by atoms with Crippen LogP contribution in [-0.2, 0) is 16.1 Å². The molecule has 2 aliphatic rings. The Labute approximate surface area is 259 Å². The quantitative estimate of drug-likeness (QED) is 0.0967. The van der Waals surface area contributed by atoms with Crippen LogP contribution in [0.5, 0.6) is 28.7 Å². The number of hydrazone groups is 1. The molecule has 0 bridgehead atoms. The second kappa shape index (κ2) is 14.4. The van der Waals surface area contributed by atoms with Gasteiger partial charge in [0.25, 0.3) is 0 Å². The first-order valence-corrected chi connectivity index (χ1v) is 14.2. The van der Waals surface area contributed by atoms with E-state index in [1.54, 1.807) is 31.3 Å². The third-order valence-electron chi connectivity index (χ3n) is 6.83. The number of esters is 1. The number of methoxy groups -OCH3 is 1. The fourth-order valence-electron chi connectivity index (χ4n) is 4.67. The van der Waals surface area contributed by atoms with Crippen LogP contribution in [0.2, 0.25) is 0 Å². The molecule has 236 valence electrons. The van der Waals surface area contributed by atoms with Gasteiger partial charge in [-0.3, -0.25) is 5.43 Å². The number of fused-ring (bicyclic) bond motifs is 1. The highest BCUT2D eigenvalue weighted by atomic mass is 16.7. The van der Waals surface area contributed by atoms with Crippen LogP contribution in [0, 0.1) is 0 Å². The SMILES string of the molecule is CCOc1cc([C@@H]2NC(=O)NC(C)=C2C(=O)OC)ccc1OC[C@@H](O)N/N=C\c1ccc(OCc2ccc3c(c2)OCO3)cc1. The third kappa shape index (κ3) is 7.75. The van der Waals surface area contributed by atoms with Crippen LogP contribution in [0.4, 0.5) is 4.79 Å². The van der Waals surface area contributed by atoms with E-state index in [1.807, 2.05) is 49.4 Å². The number of carbonyl (C=O) groups is 2. The van der Waals surface area contributed by atoms with E-state index >= 15 is 0 Å². The molecule has 0 fully saturated rings. The number of nitrogens with one attached hydrogen (secondary N) is 3. The summed E-state index contributed by atoms with van der Waals surface area (Å²) in [6, 6.07) is 16.8. The summed E-state index contributed by atoms with van der Waals surface area (Å²) in [4.78, 5) is 24.6. The molecule has 3 aromatic rings. The average Bonchev–Trinajstić information content (AvgIpc) is 3.51. The number of carbonyl (C=O) groups excluding carboxylic acids is 2. The molecule has 0 saturated carbocycles. The molecular weight excluding hydrogens is 584 g/mol.